The Hall–Kier alpha value is -3.18. The lowest BCUT2D eigenvalue weighted by molar-refractivity contribution is -0.384. The van der Waals surface area contributed by atoms with E-state index in [0.29, 0.717) is 17.0 Å². The van der Waals surface area contributed by atoms with Gasteiger partial charge in [0, 0.05) is 23.5 Å². The second-order valence-electron chi connectivity index (χ2n) is 5.46. The number of hydrogen-bond donors (Lipinski definition) is 2. The van der Waals surface area contributed by atoms with Gasteiger partial charge in [0.2, 0.25) is 0 Å². The first-order chi connectivity index (χ1) is 11.9. The maximum atomic E-state index is 12.4. The van der Waals surface area contributed by atoms with Crippen molar-refractivity contribution in [3.8, 4) is 6.07 Å². The molecule has 8 heteroatoms. The van der Waals surface area contributed by atoms with Crippen LogP contribution in [0.1, 0.15) is 25.3 Å². The molecular weight excluding hydrogens is 326 g/mol. The molecule has 1 aromatic rings. The summed E-state index contributed by atoms with van der Waals surface area (Å²) in [5, 5.41) is 32.4. The molecule has 0 saturated carbocycles. The summed E-state index contributed by atoms with van der Waals surface area (Å²) >= 11 is 0. The van der Waals surface area contributed by atoms with Crippen molar-refractivity contribution in [1.82, 2.24) is 5.32 Å². The van der Waals surface area contributed by atoms with Crippen LogP contribution >= 0.6 is 0 Å². The Kier molecular flexibility index (Phi) is 5.52. The number of non-ortho nitro benzene ring substituents is 1. The summed E-state index contributed by atoms with van der Waals surface area (Å²) in [5.74, 6) is -1.46. The fourth-order valence-corrected chi connectivity index (χ4v) is 2.78. The average molecular weight is 343 g/mol. The van der Waals surface area contributed by atoms with Crippen LogP contribution in [0.2, 0.25) is 0 Å². The van der Waals surface area contributed by atoms with Gasteiger partial charge in [0.25, 0.3) is 5.69 Å². The van der Waals surface area contributed by atoms with Crippen LogP contribution in [0.5, 0.6) is 0 Å². The molecule has 1 atom stereocenters. The van der Waals surface area contributed by atoms with Crippen molar-refractivity contribution in [2.45, 2.75) is 19.8 Å². The maximum absolute atomic E-state index is 12.4. The Morgan fingerprint density at radius 2 is 2.16 bits per heavy atom. The number of allylic oxidation sites excluding steroid dienone is 3. The molecule has 0 aromatic heterocycles. The number of nitrogens with one attached hydrogen (secondary N) is 1. The van der Waals surface area contributed by atoms with E-state index >= 15 is 0 Å². The smallest absolute Gasteiger partial charge is 0.336 e. The summed E-state index contributed by atoms with van der Waals surface area (Å²) in [6, 6.07) is 7.88. The number of nitriles is 1. The zero-order valence-corrected chi connectivity index (χ0v) is 13.8. The van der Waals surface area contributed by atoms with Gasteiger partial charge < -0.3 is 15.2 Å². The Balaban J connectivity index is 2.59. The number of hydrogen-bond acceptors (Lipinski definition) is 7. The van der Waals surface area contributed by atoms with Crippen LogP contribution in [0, 0.1) is 21.4 Å². The Labute approximate surface area is 144 Å². The monoisotopic (exact) mass is 343 g/mol. The number of rotatable bonds is 5. The number of nitro benzene ring substituents is 1. The second-order valence-corrected chi connectivity index (χ2v) is 5.46. The molecule has 1 aromatic carbocycles. The highest BCUT2D eigenvalue weighted by atomic mass is 16.6. The van der Waals surface area contributed by atoms with Crippen LogP contribution in [0.15, 0.2) is 46.8 Å². The number of aliphatic hydroxyl groups is 1. The minimum atomic E-state index is -0.780. The minimum absolute atomic E-state index is 0.133. The topological polar surface area (TPSA) is 125 Å². The van der Waals surface area contributed by atoms with E-state index in [-0.39, 0.29) is 30.0 Å². The summed E-state index contributed by atoms with van der Waals surface area (Å²) in [5.41, 5.74) is 1.85. The number of benzene rings is 1. The second kappa shape index (κ2) is 7.59. The van der Waals surface area contributed by atoms with Crippen molar-refractivity contribution >= 4 is 11.7 Å². The first kappa shape index (κ1) is 18.2. The van der Waals surface area contributed by atoms with Crippen LogP contribution in [-0.4, -0.2) is 29.2 Å². The molecular formula is C17H17N3O5. The average Bonchev–Trinajstić information content (AvgIpc) is 2.59. The van der Waals surface area contributed by atoms with Crippen molar-refractivity contribution in [2.75, 3.05) is 13.2 Å². The zero-order chi connectivity index (χ0) is 18.6. The van der Waals surface area contributed by atoms with Crippen LogP contribution in [-0.2, 0) is 9.53 Å². The molecule has 0 fully saturated rings. The van der Waals surface area contributed by atoms with Crippen molar-refractivity contribution in [1.29, 1.82) is 5.26 Å². The molecule has 8 nitrogen and oxygen atoms in total. The molecule has 0 bridgehead atoms. The first-order valence-electron chi connectivity index (χ1n) is 7.51. The summed E-state index contributed by atoms with van der Waals surface area (Å²) < 4.78 is 5.01. The normalized spacial score (nSPS) is 17.0. The summed E-state index contributed by atoms with van der Waals surface area (Å²) in [4.78, 5) is 23.0. The molecule has 1 aliphatic heterocycles. The van der Waals surface area contributed by atoms with E-state index in [1.165, 1.54) is 18.2 Å². The Bertz CT molecular complexity index is 820. The van der Waals surface area contributed by atoms with E-state index in [9.17, 15) is 20.2 Å². The number of nitrogens with zero attached hydrogens (tertiary/aromatic N) is 2. The SMILES string of the molecule is CC1=C(C#N)C(c2cccc([N+](=O)[O-])c2)C(C(=O)OCCO)=C(C)N1. The van der Waals surface area contributed by atoms with Gasteiger partial charge in [0.05, 0.1) is 34.7 Å². The molecule has 2 rings (SSSR count). The summed E-state index contributed by atoms with van der Waals surface area (Å²) in [6.07, 6.45) is 0. The van der Waals surface area contributed by atoms with Gasteiger partial charge in [-0.3, -0.25) is 10.1 Å². The summed E-state index contributed by atoms with van der Waals surface area (Å²) in [6.45, 7) is 2.86. The van der Waals surface area contributed by atoms with E-state index < -0.39 is 16.8 Å². The fraction of sp³-hybridized carbons (Fsp3) is 0.294. The quantitative estimate of drug-likeness (QED) is 0.475. The largest absolute Gasteiger partial charge is 0.460 e. The molecule has 0 saturated heterocycles. The number of carbonyl (C=O) groups is 1. The fourth-order valence-electron chi connectivity index (χ4n) is 2.78. The standard InChI is InChI=1S/C17H17N3O5/c1-10-14(9-18)16(12-4-3-5-13(8-12)20(23)24)15(11(2)19-10)17(22)25-7-6-21/h3-5,8,16,19,21H,6-7H2,1-2H3. The van der Waals surface area contributed by atoms with Gasteiger partial charge in [-0.05, 0) is 19.4 Å². The minimum Gasteiger partial charge on any atom is -0.460 e. The van der Waals surface area contributed by atoms with E-state index in [1.807, 2.05) is 0 Å². The zero-order valence-electron chi connectivity index (χ0n) is 13.8. The molecule has 130 valence electrons. The lowest BCUT2D eigenvalue weighted by Crippen LogP contribution is -2.29. The molecule has 0 amide bonds. The van der Waals surface area contributed by atoms with Crippen molar-refractivity contribution in [3.05, 3.63) is 62.5 Å². The van der Waals surface area contributed by atoms with Gasteiger partial charge >= 0.3 is 5.97 Å². The van der Waals surface area contributed by atoms with Gasteiger partial charge in [0.15, 0.2) is 0 Å². The number of dihydropyridines is 1. The molecule has 2 N–H and O–H groups in total. The van der Waals surface area contributed by atoms with Crippen molar-refractivity contribution in [2.24, 2.45) is 0 Å². The predicted octanol–water partition coefficient (Wildman–Crippen LogP) is 1.89. The van der Waals surface area contributed by atoms with Crippen molar-refractivity contribution in [3.63, 3.8) is 0 Å². The molecule has 0 radical (unpaired) electrons. The number of aliphatic hydroxyl groups excluding tert-OH is 1. The van der Waals surface area contributed by atoms with Crippen LogP contribution in [0.4, 0.5) is 5.69 Å². The predicted molar refractivity (Wildman–Crippen MR) is 88.0 cm³/mol. The highest BCUT2D eigenvalue weighted by Crippen LogP contribution is 2.39. The van der Waals surface area contributed by atoms with Gasteiger partial charge in [-0.15, -0.1) is 0 Å². The third-order valence-electron chi connectivity index (χ3n) is 3.84. The third-order valence-corrected chi connectivity index (χ3v) is 3.84. The number of ether oxygens (including phenoxy) is 1. The van der Waals surface area contributed by atoms with Crippen LogP contribution in [0.3, 0.4) is 0 Å². The third kappa shape index (κ3) is 3.67. The summed E-state index contributed by atoms with van der Waals surface area (Å²) in [7, 11) is 0. The van der Waals surface area contributed by atoms with Gasteiger partial charge in [0.1, 0.15) is 6.61 Å². The van der Waals surface area contributed by atoms with E-state index in [0.717, 1.165) is 0 Å². The highest BCUT2D eigenvalue weighted by molar-refractivity contribution is 5.93. The Morgan fingerprint density at radius 1 is 1.44 bits per heavy atom. The van der Waals surface area contributed by atoms with E-state index in [4.69, 9.17) is 9.84 Å². The molecule has 1 heterocycles. The molecule has 1 aliphatic rings. The van der Waals surface area contributed by atoms with Gasteiger partial charge in [-0.2, -0.15) is 5.26 Å². The van der Waals surface area contributed by atoms with Crippen molar-refractivity contribution < 1.29 is 19.6 Å². The maximum Gasteiger partial charge on any atom is 0.336 e. The van der Waals surface area contributed by atoms with Crippen LogP contribution < -0.4 is 5.32 Å². The molecule has 1 unspecified atom stereocenters. The Morgan fingerprint density at radius 3 is 2.76 bits per heavy atom. The first-order valence-corrected chi connectivity index (χ1v) is 7.51. The molecule has 25 heavy (non-hydrogen) atoms. The number of nitro groups is 1. The van der Waals surface area contributed by atoms with Crippen LogP contribution in [0.25, 0.3) is 0 Å². The highest BCUT2D eigenvalue weighted by Gasteiger charge is 2.34. The number of esters is 1. The molecule has 0 aliphatic carbocycles. The molecule has 0 spiro atoms. The van der Waals surface area contributed by atoms with Gasteiger partial charge in [-0.1, -0.05) is 12.1 Å². The lowest BCUT2D eigenvalue weighted by Gasteiger charge is -2.28. The van der Waals surface area contributed by atoms with E-state index in [2.05, 4.69) is 11.4 Å². The van der Waals surface area contributed by atoms with Gasteiger partial charge in [-0.25, -0.2) is 4.79 Å². The van der Waals surface area contributed by atoms with E-state index in [1.54, 1.807) is 19.9 Å². The number of carbonyl (C=O) groups excluding carboxylic acids is 1. The lowest BCUT2D eigenvalue weighted by atomic mass is 9.81.